The van der Waals surface area contributed by atoms with E-state index in [1.54, 1.807) is 12.1 Å². The molecule has 3 rings (SSSR count). The first kappa shape index (κ1) is 22.5. The van der Waals surface area contributed by atoms with E-state index in [1.807, 2.05) is 12.1 Å². The van der Waals surface area contributed by atoms with Crippen molar-refractivity contribution in [3.8, 4) is 23.4 Å². The first-order valence-electron chi connectivity index (χ1n) is 9.64. The fraction of sp³-hybridized carbons (Fsp3) is 0.217. The summed E-state index contributed by atoms with van der Waals surface area (Å²) in [5, 5.41) is 28.0. The van der Waals surface area contributed by atoms with Crippen molar-refractivity contribution in [3.63, 3.8) is 0 Å². The summed E-state index contributed by atoms with van der Waals surface area (Å²) in [6.07, 6.45) is 0.371. The Labute approximate surface area is 183 Å². The minimum absolute atomic E-state index is 0.0648. The Kier molecular flexibility index (Phi) is 6.85. The number of aryl methyl sites for hydroxylation is 1. The molecular formula is C23H21FN4O4. The van der Waals surface area contributed by atoms with Gasteiger partial charge >= 0.3 is 0 Å². The Hall–Kier alpha value is -4.19. The summed E-state index contributed by atoms with van der Waals surface area (Å²) in [6.45, 7) is 1.60. The average molecular weight is 436 g/mol. The number of methoxy groups -OCH3 is 2. The highest BCUT2D eigenvalue weighted by atomic mass is 19.1. The van der Waals surface area contributed by atoms with Crippen molar-refractivity contribution in [3.05, 3.63) is 75.3 Å². The zero-order chi connectivity index (χ0) is 23.3. The van der Waals surface area contributed by atoms with Gasteiger partial charge in [0, 0.05) is 12.1 Å². The van der Waals surface area contributed by atoms with Crippen LogP contribution in [0.3, 0.4) is 0 Å². The normalized spacial score (nSPS) is 10.8. The van der Waals surface area contributed by atoms with Gasteiger partial charge in [-0.05, 0) is 55.3 Å². The van der Waals surface area contributed by atoms with Gasteiger partial charge in [-0.1, -0.05) is 6.07 Å². The van der Waals surface area contributed by atoms with E-state index >= 15 is 0 Å². The number of rotatable bonds is 7. The number of nitriles is 1. The van der Waals surface area contributed by atoms with Crippen LogP contribution in [0.4, 0.5) is 15.8 Å². The molecule has 0 aliphatic heterocycles. The molecule has 32 heavy (non-hydrogen) atoms. The van der Waals surface area contributed by atoms with Crippen molar-refractivity contribution in [2.75, 3.05) is 14.2 Å². The summed E-state index contributed by atoms with van der Waals surface area (Å²) in [6, 6.07) is 12.5. The fourth-order valence-electron chi connectivity index (χ4n) is 3.16. The van der Waals surface area contributed by atoms with Gasteiger partial charge in [0.2, 0.25) is 5.88 Å². The van der Waals surface area contributed by atoms with Gasteiger partial charge in [0.05, 0.1) is 19.9 Å². The van der Waals surface area contributed by atoms with Crippen LogP contribution < -0.4 is 15.0 Å². The molecular weight excluding hydrogens is 415 g/mol. The van der Waals surface area contributed by atoms with Crippen LogP contribution in [0.25, 0.3) is 0 Å². The standard InChI is InChI=1S/C23H21FN4O4/c1-14-18(13-25)22(29)28(11-10-15-4-9-19(31-2)20(12-15)32-3)23(30)21(14)27-26-17-7-5-16(24)6-8-17/h4-9,12,29H,10-11H2,1-3H3. The van der Waals surface area contributed by atoms with Crippen LogP contribution in [0.1, 0.15) is 16.7 Å². The fourth-order valence-corrected chi connectivity index (χ4v) is 3.16. The second-order valence-electron chi connectivity index (χ2n) is 6.86. The second kappa shape index (κ2) is 9.75. The molecule has 0 radical (unpaired) electrons. The summed E-state index contributed by atoms with van der Waals surface area (Å²) in [5.74, 6) is 0.254. The highest BCUT2D eigenvalue weighted by Gasteiger charge is 2.19. The van der Waals surface area contributed by atoms with E-state index in [0.29, 0.717) is 23.6 Å². The van der Waals surface area contributed by atoms with Gasteiger partial charge in [-0.25, -0.2) is 4.39 Å². The van der Waals surface area contributed by atoms with Gasteiger partial charge in [-0.2, -0.15) is 10.4 Å². The molecule has 1 N–H and O–H groups in total. The molecule has 9 heteroatoms. The number of halogens is 1. The Morgan fingerprint density at radius 3 is 2.41 bits per heavy atom. The van der Waals surface area contributed by atoms with Gasteiger partial charge in [0.25, 0.3) is 5.56 Å². The predicted molar refractivity (Wildman–Crippen MR) is 116 cm³/mol. The van der Waals surface area contributed by atoms with Crippen LogP contribution in [-0.2, 0) is 13.0 Å². The van der Waals surface area contributed by atoms with Crippen molar-refractivity contribution in [1.82, 2.24) is 4.57 Å². The molecule has 0 saturated heterocycles. The summed E-state index contributed by atoms with van der Waals surface area (Å²) >= 11 is 0. The molecule has 0 unspecified atom stereocenters. The maximum atomic E-state index is 13.1. The molecule has 0 saturated carbocycles. The predicted octanol–water partition coefficient (Wildman–Crippen LogP) is 4.55. The molecule has 8 nitrogen and oxygen atoms in total. The van der Waals surface area contributed by atoms with E-state index in [0.717, 1.165) is 10.1 Å². The van der Waals surface area contributed by atoms with E-state index in [4.69, 9.17) is 9.47 Å². The number of hydrogen-bond acceptors (Lipinski definition) is 7. The molecule has 0 aliphatic carbocycles. The number of azo groups is 1. The molecule has 1 heterocycles. The number of ether oxygens (including phenoxy) is 2. The van der Waals surface area contributed by atoms with Crippen LogP contribution in [0.2, 0.25) is 0 Å². The van der Waals surface area contributed by atoms with E-state index in [1.165, 1.54) is 45.4 Å². The van der Waals surface area contributed by atoms with Gasteiger partial charge in [0.15, 0.2) is 17.2 Å². The molecule has 0 amide bonds. The Balaban J connectivity index is 1.97. The SMILES string of the molecule is COc1ccc(CCn2c(O)c(C#N)c(C)c(N=Nc3ccc(F)cc3)c2=O)cc1OC. The third kappa shape index (κ3) is 4.59. The summed E-state index contributed by atoms with van der Waals surface area (Å²) < 4.78 is 24.7. The summed E-state index contributed by atoms with van der Waals surface area (Å²) in [5.41, 5.74) is 0.658. The maximum Gasteiger partial charge on any atom is 0.281 e. The van der Waals surface area contributed by atoms with E-state index < -0.39 is 17.3 Å². The van der Waals surface area contributed by atoms with Gasteiger partial charge in [0.1, 0.15) is 17.4 Å². The molecule has 2 aromatic carbocycles. The third-order valence-corrected chi connectivity index (χ3v) is 4.93. The van der Waals surface area contributed by atoms with Gasteiger partial charge in [-0.15, -0.1) is 5.11 Å². The minimum Gasteiger partial charge on any atom is -0.493 e. The maximum absolute atomic E-state index is 13.1. The van der Waals surface area contributed by atoms with Crippen molar-refractivity contribution in [1.29, 1.82) is 5.26 Å². The zero-order valence-electron chi connectivity index (χ0n) is 17.8. The first-order valence-corrected chi connectivity index (χ1v) is 9.64. The van der Waals surface area contributed by atoms with Gasteiger partial charge in [-0.3, -0.25) is 9.36 Å². The topological polar surface area (TPSA) is 109 Å². The molecule has 1 aromatic heterocycles. The van der Waals surface area contributed by atoms with Crippen LogP contribution in [-0.4, -0.2) is 23.9 Å². The highest BCUT2D eigenvalue weighted by molar-refractivity contribution is 5.56. The lowest BCUT2D eigenvalue weighted by atomic mass is 10.1. The Morgan fingerprint density at radius 1 is 1.09 bits per heavy atom. The number of aromatic hydroxyl groups is 1. The molecule has 3 aromatic rings. The van der Waals surface area contributed by atoms with Crippen LogP contribution in [0, 0.1) is 24.1 Å². The third-order valence-electron chi connectivity index (χ3n) is 4.93. The zero-order valence-corrected chi connectivity index (χ0v) is 17.8. The average Bonchev–Trinajstić information content (AvgIpc) is 2.80. The van der Waals surface area contributed by atoms with Crippen LogP contribution in [0.5, 0.6) is 17.4 Å². The highest BCUT2D eigenvalue weighted by Crippen LogP contribution is 2.29. The first-order chi connectivity index (χ1) is 15.4. The quantitative estimate of drug-likeness (QED) is 0.547. The number of pyridine rings is 1. The van der Waals surface area contributed by atoms with Crippen molar-refractivity contribution in [2.45, 2.75) is 19.9 Å². The van der Waals surface area contributed by atoms with Gasteiger partial charge < -0.3 is 14.6 Å². The molecule has 0 spiro atoms. The summed E-state index contributed by atoms with van der Waals surface area (Å²) in [7, 11) is 3.06. The van der Waals surface area contributed by atoms with Crippen molar-refractivity contribution < 1.29 is 19.0 Å². The molecule has 164 valence electrons. The largest absolute Gasteiger partial charge is 0.493 e. The summed E-state index contributed by atoms with van der Waals surface area (Å²) in [4.78, 5) is 13.0. The lowest BCUT2D eigenvalue weighted by molar-refractivity contribution is 0.354. The number of benzene rings is 2. The number of aromatic nitrogens is 1. The molecule has 0 atom stereocenters. The van der Waals surface area contributed by atoms with Crippen molar-refractivity contribution in [2.24, 2.45) is 10.2 Å². The molecule has 0 aliphatic rings. The smallest absolute Gasteiger partial charge is 0.281 e. The Bertz CT molecular complexity index is 1260. The lowest BCUT2D eigenvalue weighted by Crippen LogP contribution is -2.23. The molecule has 0 bridgehead atoms. The van der Waals surface area contributed by atoms with E-state index in [9.17, 15) is 19.6 Å². The minimum atomic E-state index is -0.592. The van der Waals surface area contributed by atoms with Crippen LogP contribution >= 0.6 is 0 Å². The number of nitrogens with zero attached hydrogens (tertiary/aromatic N) is 4. The van der Waals surface area contributed by atoms with Crippen molar-refractivity contribution >= 4 is 11.4 Å². The molecule has 0 fully saturated rings. The number of hydrogen-bond donors (Lipinski definition) is 1. The van der Waals surface area contributed by atoms with Crippen LogP contribution in [0.15, 0.2) is 57.5 Å². The Morgan fingerprint density at radius 2 is 1.78 bits per heavy atom. The second-order valence-corrected chi connectivity index (χ2v) is 6.86. The lowest BCUT2D eigenvalue weighted by Gasteiger charge is -2.14. The monoisotopic (exact) mass is 436 g/mol. The van der Waals surface area contributed by atoms with E-state index in [-0.39, 0.29) is 23.4 Å². The van der Waals surface area contributed by atoms with E-state index in [2.05, 4.69) is 10.2 Å².